The van der Waals surface area contributed by atoms with E-state index >= 15 is 0 Å². The number of non-ortho nitro benzene ring substituents is 1. The van der Waals surface area contributed by atoms with E-state index in [9.17, 15) is 24.9 Å². The Morgan fingerprint density at radius 2 is 2.00 bits per heavy atom. The third-order valence-electron chi connectivity index (χ3n) is 2.11. The summed E-state index contributed by atoms with van der Waals surface area (Å²) in [6.45, 7) is -0.398. The van der Waals surface area contributed by atoms with Crippen LogP contribution in [0.25, 0.3) is 0 Å². The van der Waals surface area contributed by atoms with Gasteiger partial charge in [-0.3, -0.25) is 10.1 Å². The minimum Gasteiger partial charge on any atom is -0.529 e. The number of carboxylic acid groups (broad SMARTS) is 1. The van der Waals surface area contributed by atoms with Crippen molar-refractivity contribution < 1.29 is 14.8 Å². The number of nitro groups is 1. The third kappa shape index (κ3) is 3.39. The third-order valence-corrected chi connectivity index (χ3v) is 2.50. The number of amides is 1. The van der Waals surface area contributed by atoms with Crippen molar-refractivity contribution in [3.05, 3.63) is 44.9 Å². The summed E-state index contributed by atoms with van der Waals surface area (Å²) in [5.74, 6) is 0. The number of benzene rings is 1. The van der Waals surface area contributed by atoms with Crippen molar-refractivity contribution in [2.45, 2.75) is 5.38 Å². The molecule has 9 heteroatoms. The molecule has 0 aliphatic rings. The zero-order valence-corrected chi connectivity index (χ0v) is 9.61. The molecule has 96 valence electrons. The summed E-state index contributed by atoms with van der Waals surface area (Å²) < 4.78 is 0. The molecule has 0 saturated heterocycles. The van der Waals surface area contributed by atoms with E-state index in [-0.39, 0.29) is 10.7 Å². The van der Waals surface area contributed by atoms with E-state index in [1.807, 2.05) is 0 Å². The van der Waals surface area contributed by atoms with E-state index < -0.39 is 22.9 Å². The van der Waals surface area contributed by atoms with Crippen LogP contribution in [0.15, 0.2) is 29.6 Å². The van der Waals surface area contributed by atoms with E-state index in [1.165, 1.54) is 24.3 Å². The molecule has 0 spiro atoms. The molecule has 1 unspecified atom stereocenters. The first-order valence-corrected chi connectivity index (χ1v) is 5.09. The molecule has 1 aromatic rings. The van der Waals surface area contributed by atoms with Gasteiger partial charge in [-0.15, -0.1) is 16.5 Å². The van der Waals surface area contributed by atoms with Crippen molar-refractivity contribution >= 4 is 23.4 Å². The summed E-state index contributed by atoms with van der Waals surface area (Å²) in [5, 5.41) is 22.3. The van der Waals surface area contributed by atoms with Crippen molar-refractivity contribution in [2.24, 2.45) is 5.29 Å². The van der Waals surface area contributed by atoms with Crippen molar-refractivity contribution in [3.63, 3.8) is 0 Å². The minimum absolute atomic E-state index is 0.118. The summed E-state index contributed by atoms with van der Waals surface area (Å²) in [6, 6.07) is 5.19. The highest BCUT2D eigenvalue weighted by atomic mass is 35.5. The average Bonchev–Trinajstić information content (AvgIpc) is 2.35. The van der Waals surface area contributed by atoms with Crippen molar-refractivity contribution in [1.82, 2.24) is 5.01 Å². The van der Waals surface area contributed by atoms with Gasteiger partial charge in [0.15, 0.2) is 6.09 Å². The lowest BCUT2D eigenvalue weighted by Gasteiger charge is -2.18. The van der Waals surface area contributed by atoms with Crippen molar-refractivity contribution in [2.75, 3.05) is 6.54 Å². The standard InChI is InChI=1S/C9H8ClN3O5/c10-8(5-12(11-16)9(14)15)6-1-3-7(4-2-6)13(17)18/h1-4,8H,5H2,(H,14,15)/p-1. The summed E-state index contributed by atoms with van der Waals surface area (Å²) >= 11 is 5.85. The van der Waals surface area contributed by atoms with Crippen LogP contribution < -0.4 is 5.11 Å². The van der Waals surface area contributed by atoms with E-state index in [2.05, 4.69) is 5.29 Å². The average molecular weight is 273 g/mol. The maximum atomic E-state index is 10.4. The Kier molecular flexibility index (Phi) is 4.55. The highest BCUT2D eigenvalue weighted by molar-refractivity contribution is 6.21. The number of nitrogens with zero attached hydrogens (tertiary/aromatic N) is 3. The number of nitroso groups, excluding NO2 is 1. The van der Waals surface area contributed by atoms with E-state index in [0.717, 1.165) is 0 Å². The highest BCUT2D eigenvalue weighted by Crippen LogP contribution is 2.23. The molecule has 1 amide bonds. The zero-order chi connectivity index (χ0) is 13.7. The number of nitro benzene ring substituents is 1. The molecular weight excluding hydrogens is 266 g/mol. The predicted molar refractivity (Wildman–Crippen MR) is 59.6 cm³/mol. The van der Waals surface area contributed by atoms with E-state index in [4.69, 9.17) is 11.6 Å². The lowest BCUT2D eigenvalue weighted by atomic mass is 10.1. The first-order chi connectivity index (χ1) is 8.45. The van der Waals surface area contributed by atoms with E-state index in [1.54, 1.807) is 0 Å². The van der Waals surface area contributed by atoms with Gasteiger partial charge in [-0.25, -0.2) is 5.01 Å². The largest absolute Gasteiger partial charge is 0.529 e. The number of hydrogen-bond donors (Lipinski definition) is 0. The molecule has 1 rings (SSSR count). The van der Waals surface area contributed by atoms with Gasteiger partial charge in [-0.1, -0.05) is 12.1 Å². The number of rotatable bonds is 5. The molecule has 1 atom stereocenters. The van der Waals surface area contributed by atoms with Gasteiger partial charge in [0, 0.05) is 12.1 Å². The van der Waals surface area contributed by atoms with Crippen LogP contribution in [0.1, 0.15) is 10.9 Å². The molecule has 0 aliphatic heterocycles. The first-order valence-electron chi connectivity index (χ1n) is 4.66. The molecule has 0 saturated carbocycles. The number of carbonyl (C=O) groups is 1. The van der Waals surface area contributed by atoms with Crippen LogP contribution in [0.3, 0.4) is 0 Å². The van der Waals surface area contributed by atoms with Crippen LogP contribution in [0.4, 0.5) is 10.5 Å². The lowest BCUT2D eigenvalue weighted by Crippen LogP contribution is -2.38. The number of alkyl halides is 1. The summed E-state index contributed by atoms with van der Waals surface area (Å²) in [5.41, 5.74) is 0.310. The van der Waals surface area contributed by atoms with Crippen LogP contribution in [-0.2, 0) is 0 Å². The smallest absolute Gasteiger partial charge is 0.269 e. The SMILES string of the molecule is O=NN(CC(Cl)c1ccc([N+](=O)[O-])cc1)C(=O)[O-]. The van der Waals surface area contributed by atoms with Gasteiger partial charge < -0.3 is 9.90 Å². The minimum atomic E-state index is -1.77. The second kappa shape index (κ2) is 5.92. The molecule has 1 aromatic carbocycles. The van der Waals surface area contributed by atoms with Gasteiger partial charge in [-0.2, -0.15) is 0 Å². The van der Waals surface area contributed by atoms with Gasteiger partial charge in [0.2, 0.25) is 0 Å². The van der Waals surface area contributed by atoms with Crippen LogP contribution in [-0.4, -0.2) is 22.6 Å². The van der Waals surface area contributed by atoms with Gasteiger partial charge in [-0.05, 0) is 5.56 Å². The first kappa shape index (κ1) is 13.8. The quantitative estimate of drug-likeness (QED) is 0.345. The number of carbonyl (C=O) groups excluding carboxylic acids is 1. The summed E-state index contributed by atoms with van der Waals surface area (Å²) in [7, 11) is 0. The molecule has 0 N–H and O–H groups in total. The second-order valence-electron chi connectivity index (χ2n) is 3.25. The summed E-state index contributed by atoms with van der Waals surface area (Å²) in [6.07, 6.45) is -1.77. The van der Waals surface area contributed by atoms with Crippen molar-refractivity contribution in [1.29, 1.82) is 0 Å². The maximum absolute atomic E-state index is 10.4. The maximum Gasteiger partial charge on any atom is 0.269 e. The topological polar surface area (TPSA) is 116 Å². The fourth-order valence-corrected chi connectivity index (χ4v) is 1.48. The molecule has 18 heavy (non-hydrogen) atoms. The van der Waals surface area contributed by atoms with Crippen LogP contribution >= 0.6 is 11.6 Å². The molecule has 0 aromatic heterocycles. The molecule has 0 fully saturated rings. The lowest BCUT2D eigenvalue weighted by molar-refractivity contribution is -0.384. The van der Waals surface area contributed by atoms with Gasteiger partial charge in [0.05, 0.1) is 22.1 Å². The second-order valence-corrected chi connectivity index (χ2v) is 3.77. The Balaban J connectivity index is 2.78. The predicted octanol–water partition coefficient (Wildman–Crippen LogP) is 1.20. The Hall–Kier alpha value is -2.22. The fraction of sp³-hybridized carbons (Fsp3) is 0.222. The van der Waals surface area contributed by atoms with Crippen LogP contribution in [0.5, 0.6) is 0 Å². The van der Waals surface area contributed by atoms with Gasteiger partial charge >= 0.3 is 0 Å². The van der Waals surface area contributed by atoms with Crippen LogP contribution in [0.2, 0.25) is 0 Å². The Labute approximate surface area is 106 Å². The zero-order valence-electron chi connectivity index (χ0n) is 8.85. The number of hydrogen-bond acceptors (Lipinski definition) is 6. The molecule has 0 aliphatic carbocycles. The van der Waals surface area contributed by atoms with Crippen molar-refractivity contribution in [3.8, 4) is 0 Å². The molecule has 0 heterocycles. The molecule has 0 radical (unpaired) electrons. The van der Waals surface area contributed by atoms with E-state index in [0.29, 0.717) is 5.56 Å². The Bertz CT molecular complexity index is 464. The summed E-state index contributed by atoms with van der Waals surface area (Å²) in [4.78, 5) is 30.4. The van der Waals surface area contributed by atoms with Gasteiger partial charge in [0.25, 0.3) is 5.69 Å². The molecular formula is C9H7ClN3O5-. The Morgan fingerprint density at radius 3 is 2.39 bits per heavy atom. The number of halogens is 1. The fourth-order valence-electron chi connectivity index (χ4n) is 1.20. The van der Waals surface area contributed by atoms with Crippen LogP contribution in [0, 0.1) is 15.0 Å². The molecule has 0 bridgehead atoms. The highest BCUT2D eigenvalue weighted by Gasteiger charge is 2.15. The Morgan fingerprint density at radius 1 is 1.44 bits per heavy atom. The normalized spacial score (nSPS) is 11.6. The molecule has 8 nitrogen and oxygen atoms in total. The monoisotopic (exact) mass is 272 g/mol. The van der Waals surface area contributed by atoms with Gasteiger partial charge in [0.1, 0.15) is 0 Å².